The molecular weight excluding hydrogens is 491 g/mol. The summed E-state index contributed by atoms with van der Waals surface area (Å²) in [5.41, 5.74) is 10.4. The number of aromatic nitrogens is 3. The lowest BCUT2D eigenvalue weighted by Gasteiger charge is -2.12. The van der Waals surface area contributed by atoms with Crippen LogP contribution in [0, 0.1) is 5.82 Å². The number of nitrogens with zero attached hydrogens (tertiary/aromatic N) is 4. The molecule has 5 rings (SSSR count). The molecule has 8 nitrogen and oxygen atoms in total. The molecule has 3 N–H and O–H groups in total. The van der Waals surface area contributed by atoms with Crippen molar-refractivity contribution in [1.29, 1.82) is 0 Å². The zero-order valence-corrected chi connectivity index (χ0v) is 21.4. The SMILES string of the molecule is C=C(C)C(=O)Nc1ccc(-c2c(-c3ccc(N=S4(=O)CCCC4)cc3)c3c(N)ncnc3n2C)c(F)c1. The second-order valence-electron chi connectivity index (χ2n) is 9.20. The molecule has 1 amide bonds. The number of benzene rings is 2. The van der Waals surface area contributed by atoms with Crippen molar-refractivity contribution in [3.05, 3.63) is 66.8 Å². The first-order valence-corrected chi connectivity index (χ1v) is 13.7. The van der Waals surface area contributed by atoms with Crippen molar-refractivity contribution in [1.82, 2.24) is 14.5 Å². The van der Waals surface area contributed by atoms with E-state index in [1.807, 2.05) is 24.3 Å². The first-order valence-electron chi connectivity index (χ1n) is 11.9. The Morgan fingerprint density at radius 3 is 2.51 bits per heavy atom. The zero-order valence-electron chi connectivity index (χ0n) is 20.6. The number of carbonyl (C=O) groups excluding carboxylic acids is 1. The highest BCUT2D eigenvalue weighted by Gasteiger charge is 2.24. The van der Waals surface area contributed by atoms with E-state index in [1.165, 1.54) is 12.4 Å². The highest BCUT2D eigenvalue weighted by atomic mass is 32.2. The summed E-state index contributed by atoms with van der Waals surface area (Å²) in [4.78, 5) is 20.6. The third kappa shape index (κ3) is 4.60. The van der Waals surface area contributed by atoms with Crippen LogP contribution in [0.2, 0.25) is 0 Å². The van der Waals surface area contributed by atoms with Gasteiger partial charge in [-0.05, 0) is 55.7 Å². The third-order valence-electron chi connectivity index (χ3n) is 6.47. The number of hydrogen-bond donors (Lipinski definition) is 2. The van der Waals surface area contributed by atoms with E-state index >= 15 is 4.39 Å². The lowest BCUT2D eigenvalue weighted by molar-refractivity contribution is -0.112. The van der Waals surface area contributed by atoms with E-state index < -0.39 is 15.5 Å². The first kappa shape index (κ1) is 24.6. The monoisotopic (exact) mass is 518 g/mol. The molecule has 2 aromatic heterocycles. The fraction of sp³-hybridized carbons (Fsp3) is 0.222. The highest BCUT2D eigenvalue weighted by molar-refractivity contribution is 7.93. The molecule has 3 heterocycles. The van der Waals surface area contributed by atoms with Crippen molar-refractivity contribution in [2.45, 2.75) is 19.8 Å². The molecule has 0 aliphatic carbocycles. The van der Waals surface area contributed by atoms with Gasteiger partial charge in [0.05, 0.1) is 26.5 Å². The lowest BCUT2D eigenvalue weighted by Crippen LogP contribution is -2.12. The van der Waals surface area contributed by atoms with Crippen LogP contribution in [0.15, 0.2) is 65.3 Å². The third-order valence-corrected chi connectivity index (χ3v) is 8.87. The number of nitrogen functional groups attached to an aromatic ring is 1. The van der Waals surface area contributed by atoms with Gasteiger partial charge in [-0.1, -0.05) is 18.7 Å². The maximum Gasteiger partial charge on any atom is 0.250 e. The van der Waals surface area contributed by atoms with Crippen molar-refractivity contribution in [2.24, 2.45) is 11.4 Å². The Balaban J connectivity index is 1.66. The van der Waals surface area contributed by atoms with Crippen LogP contribution in [-0.2, 0) is 21.6 Å². The molecular formula is C27H27FN6O2S. The summed E-state index contributed by atoms with van der Waals surface area (Å²) in [5, 5.41) is 3.24. The van der Waals surface area contributed by atoms with Gasteiger partial charge in [-0.25, -0.2) is 18.6 Å². The van der Waals surface area contributed by atoms with Gasteiger partial charge in [0, 0.05) is 40.9 Å². The van der Waals surface area contributed by atoms with Crippen LogP contribution in [0.25, 0.3) is 33.4 Å². The van der Waals surface area contributed by atoms with Gasteiger partial charge >= 0.3 is 0 Å². The smallest absolute Gasteiger partial charge is 0.250 e. The average molecular weight is 519 g/mol. The van der Waals surface area contributed by atoms with Crippen LogP contribution in [0.5, 0.6) is 0 Å². The minimum atomic E-state index is -2.20. The molecule has 0 atom stereocenters. The molecule has 2 aromatic carbocycles. The Bertz CT molecular complexity index is 1670. The van der Waals surface area contributed by atoms with Crippen molar-refractivity contribution < 1.29 is 13.4 Å². The van der Waals surface area contributed by atoms with Crippen molar-refractivity contribution >= 4 is 43.9 Å². The molecule has 0 unspecified atom stereocenters. The van der Waals surface area contributed by atoms with E-state index in [0.717, 1.165) is 18.4 Å². The number of nitrogens with one attached hydrogen (secondary N) is 1. The molecule has 0 radical (unpaired) electrons. The first-order chi connectivity index (χ1) is 17.7. The number of amides is 1. The number of aryl methyl sites for hydroxylation is 1. The van der Waals surface area contributed by atoms with Gasteiger partial charge in [-0.2, -0.15) is 4.36 Å². The molecule has 37 heavy (non-hydrogen) atoms. The summed E-state index contributed by atoms with van der Waals surface area (Å²) < 4.78 is 34.7. The standard InChI is InChI=1S/C27H27FN6O2S/c1-16(2)27(35)32-19-10-11-20(21(28)14-19)24-22(23-25(29)30-15-31-26(23)34(24)3)17-6-8-18(9-7-17)33-37(36)12-4-5-13-37/h6-11,14-15H,1,4-5,12-13H2,2-3H3,(H,32,35)(H2,29,30,31). The molecule has 10 heteroatoms. The predicted octanol–water partition coefficient (Wildman–Crippen LogP) is 5.43. The molecule has 190 valence electrons. The molecule has 1 aliphatic rings. The van der Waals surface area contributed by atoms with Crippen molar-refractivity contribution in [3.8, 4) is 22.4 Å². The second-order valence-corrected chi connectivity index (χ2v) is 11.7. The minimum absolute atomic E-state index is 0.273. The molecule has 4 aromatic rings. The molecule has 1 aliphatic heterocycles. The minimum Gasteiger partial charge on any atom is -0.383 e. The van der Waals surface area contributed by atoms with E-state index in [9.17, 15) is 9.00 Å². The highest BCUT2D eigenvalue weighted by Crippen LogP contribution is 2.43. The van der Waals surface area contributed by atoms with Crippen LogP contribution in [0.4, 0.5) is 21.6 Å². The van der Waals surface area contributed by atoms with Gasteiger partial charge in [-0.3, -0.25) is 4.79 Å². The van der Waals surface area contributed by atoms with Crippen LogP contribution in [-0.4, -0.2) is 36.2 Å². The van der Waals surface area contributed by atoms with Crippen LogP contribution < -0.4 is 11.1 Å². The van der Waals surface area contributed by atoms with Crippen molar-refractivity contribution in [3.63, 3.8) is 0 Å². The fourth-order valence-corrected chi connectivity index (χ4v) is 6.83. The summed E-state index contributed by atoms with van der Waals surface area (Å²) in [6.07, 6.45) is 3.23. The molecule has 0 saturated carbocycles. The Morgan fingerprint density at radius 2 is 1.86 bits per heavy atom. The summed E-state index contributed by atoms with van der Waals surface area (Å²) >= 11 is 0. The van der Waals surface area contributed by atoms with Crippen LogP contribution in [0.3, 0.4) is 0 Å². The number of anilines is 2. The Labute approximate surface area is 214 Å². The quantitative estimate of drug-likeness (QED) is 0.342. The largest absolute Gasteiger partial charge is 0.383 e. The topological polar surface area (TPSA) is 115 Å². The molecule has 1 saturated heterocycles. The Morgan fingerprint density at radius 1 is 1.16 bits per heavy atom. The Hall–Kier alpha value is -4.05. The second kappa shape index (κ2) is 9.44. The van der Waals surface area contributed by atoms with E-state index in [2.05, 4.69) is 26.2 Å². The number of nitrogens with two attached hydrogens (primary N) is 1. The number of hydrogen-bond acceptors (Lipinski definition) is 6. The molecule has 0 spiro atoms. The molecule has 1 fully saturated rings. The maximum absolute atomic E-state index is 15.5. The normalized spacial score (nSPS) is 14.6. The summed E-state index contributed by atoms with van der Waals surface area (Å²) in [5.74, 6) is 0.611. The number of carbonyl (C=O) groups is 1. The van der Waals surface area contributed by atoms with E-state index in [0.29, 0.717) is 56.3 Å². The fourth-order valence-electron chi connectivity index (χ4n) is 4.62. The lowest BCUT2D eigenvalue weighted by atomic mass is 9.98. The maximum atomic E-state index is 15.5. The average Bonchev–Trinajstić information content (AvgIpc) is 3.41. The van der Waals surface area contributed by atoms with Gasteiger partial charge in [0.2, 0.25) is 0 Å². The van der Waals surface area contributed by atoms with Gasteiger partial charge in [0.1, 0.15) is 23.6 Å². The van der Waals surface area contributed by atoms with Gasteiger partial charge in [0.15, 0.2) is 0 Å². The van der Waals surface area contributed by atoms with E-state index in [4.69, 9.17) is 5.73 Å². The predicted molar refractivity (Wildman–Crippen MR) is 146 cm³/mol. The van der Waals surface area contributed by atoms with E-state index in [1.54, 1.807) is 30.7 Å². The van der Waals surface area contributed by atoms with Gasteiger partial charge in [-0.15, -0.1) is 0 Å². The van der Waals surface area contributed by atoms with Crippen LogP contribution in [0.1, 0.15) is 19.8 Å². The number of fused-ring (bicyclic) bond motifs is 1. The number of halogens is 1. The zero-order chi connectivity index (χ0) is 26.3. The Kier molecular flexibility index (Phi) is 6.28. The van der Waals surface area contributed by atoms with Gasteiger partial charge in [0.25, 0.3) is 5.91 Å². The molecule has 0 bridgehead atoms. The van der Waals surface area contributed by atoms with Gasteiger partial charge < -0.3 is 15.6 Å². The summed E-state index contributed by atoms with van der Waals surface area (Å²) in [6, 6.07) is 11.9. The van der Waals surface area contributed by atoms with Crippen molar-refractivity contribution in [2.75, 3.05) is 22.6 Å². The summed E-state index contributed by atoms with van der Waals surface area (Å²) in [7, 11) is -0.411. The number of rotatable bonds is 5. The van der Waals surface area contributed by atoms with E-state index in [-0.39, 0.29) is 11.7 Å². The summed E-state index contributed by atoms with van der Waals surface area (Å²) in [6.45, 7) is 5.19. The van der Waals surface area contributed by atoms with Crippen LogP contribution >= 0.6 is 0 Å².